The Hall–Kier alpha value is -2.53. The summed E-state index contributed by atoms with van der Waals surface area (Å²) in [4.78, 5) is 24.0. The topological polar surface area (TPSA) is 67.4 Å². The van der Waals surface area contributed by atoms with E-state index in [0.717, 1.165) is 22.4 Å². The number of hydrogen-bond acceptors (Lipinski definition) is 3. The van der Waals surface area contributed by atoms with Gasteiger partial charge in [0.15, 0.2) is 0 Å². The van der Waals surface area contributed by atoms with Gasteiger partial charge in [0.25, 0.3) is 0 Å². The number of benzene rings is 2. The van der Waals surface area contributed by atoms with Crippen molar-refractivity contribution in [3.63, 3.8) is 0 Å². The molecule has 0 aliphatic rings. The highest BCUT2D eigenvalue weighted by atomic mass is 35.5. The molecular weight excluding hydrogens is 364 g/mol. The molecule has 0 radical (unpaired) electrons. The van der Waals surface area contributed by atoms with E-state index in [2.05, 4.69) is 10.6 Å². The second-order valence-electron chi connectivity index (χ2n) is 6.48. The minimum Gasteiger partial charge on any atom is -0.492 e. The van der Waals surface area contributed by atoms with Crippen LogP contribution in [0.5, 0.6) is 5.75 Å². The first-order valence-corrected chi connectivity index (χ1v) is 9.26. The molecule has 144 valence electrons. The number of carbonyl (C=O) groups excluding carboxylic acids is 2. The van der Waals surface area contributed by atoms with Crippen LogP contribution in [0.15, 0.2) is 36.4 Å². The monoisotopic (exact) mass is 388 g/mol. The molecular formula is C21H25ClN2O3. The number of halogens is 1. The Labute approximate surface area is 165 Å². The first-order chi connectivity index (χ1) is 12.9. The second kappa shape index (κ2) is 9.97. The lowest BCUT2D eigenvalue weighted by Gasteiger charge is -2.13. The van der Waals surface area contributed by atoms with E-state index in [9.17, 15) is 9.59 Å². The molecule has 0 saturated carbocycles. The van der Waals surface area contributed by atoms with Crippen LogP contribution < -0.4 is 15.4 Å². The Morgan fingerprint density at radius 2 is 1.70 bits per heavy atom. The highest BCUT2D eigenvalue weighted by Gasteiger charge is 2.10. The molecule has 2 aromatic rings. The van der Waals surface area contributed by atoms with Crippen LogP contribution in [0.4, 0.5) is 5.69 Å². The van der Waals surface area contributed by atoms with Gasteiger partial charge < -0.3 is 15.4 Å². The highest BCUT2D eigenvalue weighted by Crippen LogP contribution is 2.23. The van der Waals surface area contributed by atoms with Crippen LogP contribution >= 0.6 is 11.6 Å². The summed E-state index contributed by atoms with van der Waals surface area (Å²) in [7, 11) is 0. The lowest BCUT2D eigenvalue weighted by molar-refractivity contribution is -0.124. The standard InChI is InChI=1S/C21H25ClN2O3/c1-14-11-15(2)21(16(3)12-14)24-20(26)13-23-19(25)9-6-10-27-18-8-5-4-7-17(18)22/h4-5,7-8,11-12H,6,9-10,13H2,1-3H3,(H,23,25)(H,24,26). The minimum atomic E-state index is -0.245. The Morgan fingerprint density at radius 3 is 2.37 bits per heavy atom. The normalized spacial score (nSPS) is 10.4. The number of ether oxygens (including phenoxy) is 1. The molecule has 0 heterocycles. The van der Waals surface area contributed by atoms with E-state index in [-0.39, 0.29) is 24.8 Å². The van der Waals surface area contributed by atoms with Crippen molar-refractivity contribution in [1.82, 2.24) is 5.32 Å². The predicted molar refractivity (Wildman–Crippen MR) is 108 cm³/mol. The maximum atomic E-state index is 12.1. The summed E-state index contributed by atoms with van der Waals surface area (Å²) in [6.45, 7) is 6.24. The summed E-state index contributed by atoms with van der Waals surface area (Å²) < 4.78 is 5.54. The fourth-order valence-corrected chi connectivity index (χ4v) is 2.99. The van der Waals surface area contributed by atoms with Crippen LogP contribution in [-0.2, 0) is 9.59 Å². The van der Waals surface area contributed by atoms with Gasteiger partial charge in [-0.05, 0) is 50.5 Å². The summed E-state index contributed by atoms with van der Waals surface area (Å²) in [6, 6.07) is 11.2. The molecule has 0 atom stereocenters. The fourth-order valence-electron chi connectivity index (χ4n) is 2.80. The molecule has 6 heteroatoms. The maximum absolute atomic E-state index is 12.1. The van der Waals surface area contributed by atoms with E-state index < -0.39 is 0 Å². The zero-order chi connectivity index (χ0) is 19.8. The number of amides is 2. The Balaban J connectivity index is 1.69. The molecule has 0 aromatic heterocycles. The zero-order valence-corrected chi connectivity index (χ0v) is 16.7. The zero-order valence-electron chi connectivity index (χ0n) is 15.9. The Bertz CT molecular complexity index is 798. The van der Waals surface area contributed by atoms with Gasteiger partial charge in [0, 0.05) is 12.1 Å². The molecule has 2 amide bonds. The van der Waals surface area contributed by atoms with E-state index >= 15 is 0 Å². The smallest absolute Gasteiger partial charge is 0.243 e. The lowest BCUT2D eigenvalue weighted by atomic mass is 10.1. The van der Waals surface area contributed by atoms with Crippen molar-refractivity contribution in [3.05, 3.63) is 58.1 Å². The van der Waals surface area contributed by atoms with Crippen LogP contribution in [0.2, 0.25) is 5.02 Å². The number of anilines is 1. The number of para-hydroxylation sites is 1. The first kappa shape index (κ1) is 20.8. The van der Waals surface area contributed by atoms with Crippen molar-refractivity contribution < 1.29 is 14.3 Å². The quantitative estimate of drug-likeness (QED) is 0.666. The molecule has 0 aliphatic heterocycles. The van der Waals surface area contributed by atoms with Gasteiger partial charge in [-0.25, -0.2) is 0 Å². The summed E-state index contributed by atoms with van der Waals surface area (Å²) in [6.07, 6.45) is 0.815. The Morgan fingerprint density at radius 1 is 1.04 bits per heavy atom. The molecule has 2 aromatic carbocycles. The third kappa shape index (κ3) is 6.61. The summed E-state index contributed by atoms with van der Waals surface area (Å²) in [5, 5.41) is 6.04. The van der Waals surface area contributed by atoms with Crippen molar-refractivity contribution in [2.24, 2.45) is 0 Å². The van der Waals surface area contributed by atoms with Crippen LogP contribution in [0.25, 0.3) is 0 Å². The molecule has 5 nitrogen and oxygen atoms in total. The summed E-state index contributed by atoms with van der Waals surface area (Å²) >= 11 is 6.00. The molecule has 0 fully saturated rings. The van der Waals surface area contributed by atoms with Gasteiger partial charge in [0.2, 0.25) is 11.8 Å². The molecule has 0 saturated heterocycles. The van der Waals surface area contributed by atoms with Gasteiger partial charge in [0.05, 0.1) is 18.2 Å². The van der Waals surface area contributed by atoms with Crippen LogP contribution in [0.3, 0.4) is 0 Å². The number of aryl methyl sites for hydroxylation is 3. The van der Waals surface area contributed by atoms with Crippen molar-refractivity contribution in [3.8, 4) is 5.75 Å². The molecule has 0 bridgehead atoms. The van der Waals surface area contributed by atoms with Crippen LogP contribution in [-0.4, -0.2) is 25.0 Å². The number of nitrogens with one attached hydrogen (secondary N) is 2. The van der Waals surface area contributed by atoms with Gasteiger partial charge in [-0.15, -0.1) is 0 Å². The lowest BCUT2D eigenvalue weighted by Crippen LogP contribution is -2.33. The molecule has 2 rings (SSSR count). The van der Waals surface area contributed by atoms with Gasteiger partial charge in [-0.2, -0.15) is 0 Å². The largest absolute Gasteiger partial charge is 0.492 e. The van der Waals surface area contributed by atoms with Gasteiger partial charge in [0.1, 0.15) is 5.75 Å². The van der Waals surface area contributed by atoms with Crippen molar-refractivity contribution >= 4 is 29.1 Å². The minimum absolute atomic E-state index is 0.0586. The predicted octanol–water partition coefficient (Wildman–Crippen LogP) is 4.18. The first-order valence-electron chi connectivity index (χ1n) is 8.88. The van der Waals surface area contributed by atoms with E-state index in [1.54, 1.807) is 12.1 Å². The molecule has 27 heavy (non-hydrogen) atoms. The van der Waals surface area contributed by atoms with Gasteiger partial charge in [-0.1, -0.05) is 41.4 Å². The average Bonchev–Trinajstić information content (AvgIpc) is 2.61. The van der Waals surface area contributed by atoms with E-state index in [4.69, 9.17) is 16.3 Å². The van der Waals surface area contributed by atoms with E-state index in [1.807, 2.05) is 45.0 Å². The van der Waals surface area contributed by atoms with E-state index in [1.165, 1.54) is 0 Å². The van der Waals surface area contributed by atoms with Gasteiger partial charge in [-0.3, -0.25) is 9.59 Å². The van der Waals surface area contributed by atoms with Crippen molar-refractivity contribution in [1.29, 1.82) is 0 Å². The molecule has 0 unspecified atom stereocenters. The number of rotatable bonds is 8. The van der Waals surface area contributed by atoms with Crippen LogP contribution in [0.1, 0.15) is 29.5 Å². The molecule has 0 aliphatic carbocycles. The number of carbonyl (C=O) groups is 2. The molecule has 2 N–H and O–H groups in total. The van der Waals surface area contributed by atoms with Gasteiger partial charge >= 0.3 is 0 Å². The third-order valence-corrected chi connectivity index (χ3v) is 4.34. The summed E-state index contributed by atoms with van der Waals surface area (Å²) in [5.41, 5.74) is 3.95. The SMILES string of the molecule is Cc1cc(C)c(NC(=O)CNC(=O)CCCOc2ccccc2Cl)c(C)c1. The fraction of sp³-hybridized carbons (Fsp3) is 0.333. The third-order valence-electron chi connectivity index (χ3n) is 4.03. The van der Waals surface area contributed by atoms with E-state index in [0.29, 0.717) is 23.8 Å². The molecule has 0 spiro atoms. The second-order valence-corrected chi connectivity index (χ2v) is 6.89. The Kier molecular flexibility index (Phi) is 7.67. The van der Waals surface area contributed by atoms with Crippen molar-refractivity contribution in [2.75, 3.05) is 18.5 Å². The summed E-state index contributed by atoms with van der Waals surface area (Å²) in [5.74, 6) is 0.166. The highest BCUT2D eigenvalue weighted by molar-refractivity contribution is 6.32. The maximum Gasteiger partial charge on any atom is 0.243 e. The van der Waals surface area contributed by atoms with Crippen LogP contribution in [0, 0.1) is 20.8 Å². The average molecular weight is 389 g/mol. The van der Waals surface area contributed by atoms with Crippen molar-refractivity contribution in [2.45, 2.75) is 33.6 Å². The number of hydrogen-bond donors (Lipinski definition) is 2.